The van der Waals surface area contributed by atoms with Crippen LogP contribution in [0.4, 0.5) is 0 Å². The van der Waals surface area contributed by atoms with Gasteiger partial charge in [0, 0.05) is 0 Å². The largest absolute Gasteiger partial charge is 0.555 e. The van der Waals surface area contributed by atoms with Gasteiger partial charge in [-0.3, -0.25) is 9.69 Å². The third-order valence-electron chi connectivity index (χ3n) is 3.90. The molecule has 8 heteroatoms. The van der Waals surface area contributed by atoms with Gasteiger partial charge in [-0.15, -0.1) is 4.79 Å². The zero-order valence-electron chi connectivity index (χ0n) is 14.8. The number of benzene rings is 1. The van der Waals surface area contributed by atoms with Crippen LogP contribution in [0.15, 0.2) is 35.2 Å². The van der Waals surface area contributed by atoms with E-state index in [0.29, 0.717) is 17.4 Å². The second-order valence-electron chi connectivity index (χ2n) is 6.75. The molecule has 2 atom stereocenters. The van der Waals surface area contributed by atoms with Gasteiger partial charge in [0.15, 0.2) is 0 Å². The number of hydrogen-bond acceptors (Lipinski definition) is 4. The maximum Gasteiger partial charge on any atom is 0.555 e. The van der Waals surface area contributed by atoms with Crippen molar-refractivity contribution in [1.82, 2.24) is 4.90 Å². The molecule has 1 fully saturated rings. The highest BCUT2D eigenvalue weighted by atomic mass is 32.2. The van der Waals surface area contributed by atoms with Gasteiger partial charge in [-0.1, -0.05) is 32.0 Å². The average Bonchev–Trinajstić information content (AvgIpc) is 2.86. The molecule has 0 aliphatic carbocycles. The SMILES string of the molecule is CC(C)CC1COC(C)(C)N1C(=O)C(=[N+]=[N-])OS(=O)c1ccccc1. The molecule has 1 heterocycles. The van der Waals surface area contributed by atoms with Crippen molar-refractivity contribution in [2.45, 2.75) is 50.8 Å². The topological polar surface area (TPSA) is 92.2 Å². The smallest absolute Gasteiger partial charge is 0.357 e. The minimum Gasteiger partial charge on any atom is -0.357 e. The van der Waals surface area contributed by atoms with Crippen molar-refractivity contribution in [3.05, 3.63) is 35.9 Å². The van der Waals surface area contributed by atoms with E-state index >= 15 is 0 Å². The molecule has 7 nitrogen and oxygen atoms in total. The molecule has 1 aliphatic heterocycles. The number of ether oxygens (including phenoxy) is 1. The van der Waals surface area contributed by atoms with Crippen LogP contribution in [-0.4, -0.2) is 44.1 Å². The molecule has 1 aromatic carbocycles. The van der Waals surface area contributed by atoms with Gasteiger partial charge in [0.25, 0.3) is 0 Å². The van der Waals surface area contributed by atoms with Crippen LogP contribution >= 0.6 is 0 Å². The van der Waals surface area contributed by atoms with Crippen LogP contribution in [0.3, 0.4) is 0 Å². The molecule has 1 aliphatic rings. The van der Waals surface area contributed by atoms with E-state index in [4.69, 9.17) is 8.92 Å². The van der Waals surface area contributed by atoms with Gasteiger partial charge in [0.2, 0.25) is 11.1 Å². The summed E-state index contributed by atoms with van der Waals surface area (Å²) >= 11 is -1.96. The van der Waals surface area contributed by atoms with E-state index < -0.39 is 28.6 Å². The van der Waals surface area contributed by atoms with E-state index in [9.17, 15) is 14.5 Å². The Morgan fingerprint density at radius 1 is 1.44 bits per heavy atom. The van der Waals surface area contributed by atoms with Gasteiger partial charge in [0.1, 0.15) is 5.72 Å². The Morgan fingerprint density at radius 2 is 2.08 bits per heavy atom. The molecule has 2 unspecified atom stereocenters. The fraction of sp³-hybridized carbons (Fsp3) is 0.529. The van der Waals surface area contributed by atoms with Crippen molar-refractivity contribution in [3.63, 3.8) is 0 Å². The van der Waals surface area contributed by atoms with Gasteiger partial charge < -0.3 is 14.5 Å². The van der Waals surface area contributed by atoms with Crippen molar-refractivity contribution in [3.8, 4) is 0 Å². The van der Waals surface area contributed by atoms with Crippen molar-refractivity contribution in [2.24, 2.45) is 5.92 Å². The first-order valence-electron chi connectivity index (χ1n) is 8.11. The molecular formula is C17H23N3O4S. The van der Waals surface area contributed by atoms with Crippen LogP contribution in [-0.2, 0) is 24.8 Å². The molecule has 0 bridgehead atoms. The van der Waals surface area contributed by atoms with E-state index in [2.05, 4.69) is 18.6 Å². The van der Waals surface area contributed by atoms with Gasteiger partial charge in [-0.25, -0.2) is 4.21 Å². The molecule has 1 aromatic rings. The van der Waals surface area contributed by atoms with Gasteiger partial charge >= 0.3 is 11.8 Å². The first kappa shape index (κ1) is 19.3. The summed E-state index contributed by atoms with van der Waals surface area (Å²) in [4.78, 5) is 17.6. The first-order valence-corrected chi connectivity index (χ1v) is 9.18. The van der Waals surface area contributed by atoms with Crippen LogP contribution < -0.4 is 0 Å². The summed E-state index contributed by atoms with van der Waals surface area (Å²) in [5.41, 5.74) is 8.36. The summed E-state index contributed by atoms with van der Waals surface area (Å²) in [6.45, 7) is 8.01. The summed E-state index contributed by atoms with van der Waals surface area (Å²) in [7, 11) is 0. The minimum absolute atomic E-state index is 0.173. The second-order valence-corrected chi connectivity index (χ2v) is 7.86. The zero-order valence-corrected chi connectivity index (χ0v) is 15.7. The quantitative estimate of drug-likeness (QED) is 0.354. The van der Waals surface area contributed by atoms with Crippen molar-refractivity contribution >= 4 is 22.9 Å². The van der Waals surface area contributed by atoms with Gasteiger partial charge in [-0.05, 0) is 38.3 Å². The van der Waals surface area contributed by atoms with Crippen LogP contribution in [0.1, 0.15) is 34.1 Å². The molecule has 25 heavy (non-hydrogen) atoms. The molecule has 0 spiro atoms. The molecule has 1 amide bonds. The Hall–Kier alpha value is -2.02. The number of amides is 1. The lowest BCUT2D eigenvalue weighted by atomic mass is 10.0. The van der Waals surface area contributed by atoms with Crippen molar-refractivity contribution in [2.75, 3.05) is 6.61 Å². The van der Waals surface area contributed by atoms with E-state index in [-0.39, 0.29) is 6.04 Å². The summed E-state index contributed by atoms with van der Waals surface area (Å²) in [6, 6.07) is 8.19. The Morgan fingerprint density at radius 3 is 2.64 bits per heavy atom. The Kier molecular flexibility index (Phi) is 6.11. The number of carbonyl (C=O) groups is 1. The van der Waals surface area contributed by atoms with Gasteiger partial charge in [-0.2, -0.15) is 0 Å². The minimum atomic E-state index is -1.96. The van der Waals surface area contributed by atoms with Gasteiger partial charge in [0.05, 0.1) is 17.5 Å². The van der Waals surface area contributed by atoms with Crippen molar-refractivity contribution in [1.29, 1.82) is 0 Å². The lowest BCUT2D eigenvalue weighted by molar-refractivity contribution is -0.146. The Labute approximate surface area is 150 Å². The molecule has 2 rings (SSSR count). The molecule has 0 saturated carbocycles. The molecule has 136 valence electrons. The first-order chi connectivity index (χ1) is 11.8. The highest BCUT2D eigenvalue weighted by molar-refractivity contribution is 7.80. The van der Waals surface area contributed by atoms with Crippen LogP contribution in [0, 0.1) is 5.92 Å². The Balaban J connectivity index is 2.20. The van der Waals surface area contributed by atoms with Crippen LogP contribution in [0.25, 0.3) is 5.53 Å². The lowest BCUT2D eigenvalue weighted by Crippen LogP contribution is -2.51. The highest BCUT2D eigenvalue weighted by Gasteiger charge is 2.48. The monoisotopic (exact) mass is 365 g/mol. The van der Waals surface area contributed by atoms with Crippen molar-refractivity contribution < 1.29 is 22.7 Å². The summed E-state index contributed by atoms with van der Waals surface area (Å²) in [5.74, 6) is -0.916. The molecule has 1 saturated heterocycles. The predicted octanol–water partition coefficient (Wildman–Crippen LogP) is 2.36. The van der Waals surface area contributed by atoms with E-state index in [1.807, 2.05) is 0 Å². The molecule has 0 aromatic heterocycles. The number of rotatable bonds is 4. The third kappa shape index (κ3) is 4.54. The highest BCUT2D eigenvalue weighted by Crippen LogP contribution is 2.31. The molecular weight excluding hydrogens is 342 g/mol. The van der Waals surface area contributed by atoms with Crippen LogP contribution in [0.2, 0.25) is 0 Å². The summed E-state index contributed by atoms with van der Waals surface area (Å²) in [5, 5.41) is 0. The van der Waals surface area contributed by atoms with E-state index in [1.54, 1.807) is 44.2 Å². The maximum atomic E-state index is 12.8. The number of nitrogens with zero attached hydrogens (tertiary/aromatic N) is 3. The van der Waals surface area contributed by atoms with E-state index in [1.165, 1.54) is 4.90 Å². The standard InChI is InChI=1S/C17H23N3O4S/c1-12(2)10-13-11-23-17(3,4)20(13)16(21)15(19-18)24-25(22)14-8-6-5-7-9-14/h5-9,12-13H,10-11H2,1-4H3. The fourth-order valence-electron chi connectivity index (χ4n) is 2.86. The fourth-order valence-corrected chi connectivity index (χ4v) is 3.58. The lowest BCUT2D eigenvalue weighted by Gasteiger charge is -2.32. The molecule has 0 radical (unpaired) electrons. The predicted molar refractivity (Wildman–Crippen MR) is 92.7 cm³/mol. The number of carbonyl (C=O) groups excluding carboxylic acids is 1. The zero-order chi connectivity index (χ0) is 18.6. The summed E-state index contributed by atoms with van der Waals surface area (Å²) < 4.78 is 23.1. The normalized spacial score (nSPS) is 20.2. The Bertz CT molecular complexity index is 699. The second kappa shape index (κ2) is 7.91. The summed E-state index contributed by atoms with van der Waals surface area (Å²) in [6.07, 6.45) is 0.732. The number of hydrogen-bond donors (Lipinski definition) is 0. The van der Waals surface area contributed by atoms with Crippen LogP contribution in [0.5, 0.6) is 0 Å². The van der Waals surface area contributed by atoms with E-state index in [0.717, 1.165) is 6.42 Å². The third-order valence-corrected chi connectivity index (χ3v) is 4.87. The average molecular weight is 365 g/mol. The maximum absolute atomic E-state index is 12.8. The molecule has 0 N–H and O–H groups in total.